The summed E-state index contributed by atoms with van der Waals surface area (Å²) in [5, 5.41) is 42.9. The fourth-order valence-corrected chi connectivity index (χ4v) is 11.9. The number of ketones is 2. The van der Waals surface area contributed by atoms with Gasteiger partial charge in [0.15, 0.2) is 12.1 Å². The zero-order valence-corrected chi connectivity index (χ0v) is 27.3. The Bertz CT molecular complexity index is 1290. The van der Waals surface area contributed by atoms with E-state index in [1.807, 2.05) is 20.8 Å². The molecular formula is C35H52O9. The summed E-state index contributed by atoms with van der Waals surface area (Å²) in [6.07, 6.45) is 0.934. The lowest BCUT2D eigenvalue weighted by Gasteiger charge is -2.61. The third kappa shape index (κ3) is 3.84. The number of ether oxygens (including phenoxy) is 3. The number of epoxide rings is 1. The zero-order valence-electron chi connectivity index (χ0n) is 27.3. The maximum atomic E-state index is 13.9. The van der Waals surface area contributed by atoms with E-state index in [0.29, 0.717) is 19.3 Å². The molecular weight excluding hydrogens is 564 g/mol. The van der Waals surface area contributed by atoms with Gasteiger partial charge in [0.2, 0.25) is 0 Å². The number of allylic oxidation sites excluding steroid dienone is 1. The second kappa shape index (κ2) is 9.45. The zero-order chi connectivity index (χ0) is 32.0. The van der Waals surface area contributed by atoms with Crippen LogP contribution in [0.5, 0.6) is 0 Å². The lowest BCUT2D eigenvalue weighted by Crippen LogP contribution is -2.59. The summed E-state index contributed by atoms with van der Waals surface area (Å²) in [7, 11) is 0. The minimum absolute atomic E-state index is 0.0687. The SMILES string of the molecule is C[C@H](CC(=O)[C@@H]1OC1(C)C)[C@H]1C(=O)C[C@@]2(C)C3=CC[C@H]4C(C)(C)[C@@H](O[C@@H]5OC[C@H](O)[C@H](O)[C@H]5O)CC[C@@]45C[C@@]35[C@@H](O)C[C@]12C. The van der Waals surface area contributed by atoms with Crippen molar-refractivity contribution in [2.24, 2.45) is 44.8 Å². The molecule has 44 heavy (non-hydrogen) atoms. The fraction of sp³-hybridized carbons (Fsp3) is 0.886. The first kappa shape index (κ1) is 31.4. The molecule has 7 rings (SSSR count). The molecule has 2 heterocycles. The van der Waals surface area contributed by atoms with Crippen molar-refractivity contribution in [2.45, 2.75) is 142 Å². The standard InChI is InChI=1S/C35H52O9/c1-17(12-18(36)28-31(4,5)44-28)25-19(37)13-32(6)22-9-8-21-30(2,3)24(43-29-27(41)26(40)20(38)15-42-29)10-11-34(21)16-35(22,34)23(39)14-33(25,32)7/h9,17,20-21,23-29,38-41H,8,10-16H2,1-7H3/t17-,20+,21+,23+,24+,25+,26+,27-,28+,29+,32+,33-,34-,35+/m1/s1. The molecule has 14 atom stereocenters. The lowest BCUT2D eigenvalue weighted by atomic mass is 9.44. The Morgan fingerprint density at radius 1 is 1.09 bits per heavy atom. The van der Waals surface area contributed by atoms with Crippen molar-refractivity contribution < 1.29 is 44.2 Å². The fourth-order valence-electron chi connectivity index (χ4n) is 11.9. The van der Waals surface area contributed by atoms with Crippen molar-refractivity contribution in [1.29, 1.82) is 0 Å². The van der Waals surface area contributed by atoms with E-state index in [0.717, 1.165) is 25.7 Å². The van der Waals surface area contributed by atoms with Crippen LogP contribution < -0.4 is 0 Å². The van der Waals surface area contributed by atoms with E-state index in [-0.39, 0.29) is 63.7 Å². The van der Waals surface area contributed by atoms with E-state index in [4.69, 9.17) is 14.2 Å². The number of rotatable bonds is 6. The molecule has 2 saturated heterocycles. The Morgan fingerprint density at radius 3 is 2.43 bits per heavy atom. The normalized spacial score (nSPS) is 53.8. The molecule has 7 aliphatic rings. The average molecular weight is 617 g/mol. The first-order valence-corrected chi connectivity index (χ1v) is 16.8. The number of fused-ring (bicyclic) bond motifs is 2. The van der Waals surface area contributed by atoms with Crippen LogP contribution in [0.25, 0.3) is 0 Å². The van der Waals surface area contributed by atoms with Gasteiger partial charge in [-0.3, -0.25) is 9.59 Å². The molecule has 0 bridgehead atoms. The summed E-state index contributed by atoms with van der Waals surface area (Å²) in [6, 6.07) is 0. The van der Waals surface area contributed by atoms with Crippen LogP contribution in [0.1, 0.15) is 93.4 Å². The minimum Gasteiger partial charge on any atom is -0.392 e. The highest BCUT2D eigenvalue weighted by Crippen LogP contribution is 2.87. The average Bonchev–Trinajstić information content (AvgIpc) is 3.78. The van der Waals surface area contributed by atoms with Gasteiger partial charge in [0, 0.05) is 29.6 Å². The van der Waals surface area contributed by atoms with Crippen molar-refractivity contribution in [1.82, 2.24) is 0 Å². The van der Waals surface area contributed by atoms with Gasteiger partial charge in [-0.1, -0.05) is 46.3 Å². The van der Waals surface area contributed by atoms with Gasteiger partial charge in [-0.25, -0.2) is 0 Å². The van der Waals surface area contributed by atoms with E-state index in [2.05, 4.69) is 33.8 Å². The van der Waals surface area contributed by atoms with Crippen molar-refractivity contribution in [3.63, 3.8) is 0 Å². The predicted octanol–water partition coefficient (Wildman–Crippen LogP) is 3.09. The summed E-state index contributed by atoms with van der Waals surface area (Å²) in [4.78, 5) is 27.0. The van der Waals surface area contributed by atoms with Gasteiger partial charge in [0.1, 0.15) is 30.2 Å². The number of carbonyl (C=O) groups is 2. The second-order valence-corrected chi connectivity index (χ2v) is 17.3. The highest BCUT2D eigenvalue weighted by atomic mass is 16.7. The number of aliphatic hydroxyl groups excluding tert-OH is 4. The van der Waals surface area contributed by atoms with Crippen LogP contribution in [0.4, 0.5) is 0 Å². The molecule has 0 aromatic carbocycles. The van der Waals surface area contributed by atoms with E-state index >= 15 is 0 Å². The van der Waals surface area contributed by atoms with Gasteiger partial charge >= 0.3 is 0 Å². The summed E-state index contributed by atoms with van der Waals surface area (Å²) in [5.74, 6) is 0.0812. The molecule has 5 aliphatic carbocycles. The Balaban J connectivity index is 1.15. The molecule has 0 aromatic rings. The summed E-state index contributed by atoms with van der Waals surface area (Å²) in [5.41, 5.74) is -0.761. The Hall–Kier alpha value is -1.20. The maximum absolute atomic E-state index is 13.9. The van der Waals surface area contributed by atoms with E-state index < -0.39 is 47.8 Å². The molecule has 2 spiro atoms. The quantitative estimate of drug-likeness (QED) is 0.261. The smallest absolute Gasteiger partial charge is 0.186 e. The van der Waals surface area contributed by atoms with Crippen LogP contribution >= 0.6 is 0 Å². The van der Waals surface area contributed by atoms with Gasteiger partial charge in [0.05, 0.1) is 24.4 Å². The van der Waals surface area contributed by atoms with Crippen LogP contribution in [0.15, 0.2) is 11.6 Å². The largest absolute Gasteiger partial charge is 0.392 e. The van der Waals surface area contributed by atoms with Crippen LogP contribution in [-0.4, -0.2) is 87.1 Å². The van der Waals surface area contributed by atoms with Gasteiger partial charge in [0.25, 0.3) is 0 Å². The second-order valence-electron chi connectivity index (χ2n) is 17.3. The van der Waals surface area contributed by atoms with Crippen molar-refractivity contribution in [3.8, 4) is 0 Å². The van der Waals surface area contributed by atoms with Crippen molar-refractivity contribution in [2.75, 3.05) is 6.61 Å². The molecule has 9 heteroatoms. The molecule has 0 unspecified atom stereocenters. The molecule has 2 aliphatic heterocycles. The number of Topliss-reactive ketones (excluding diaryl/α,β-unsaturated/α-hetero) is 2. The van der Waals surface area contributed by atoms with Crippen LogP contribution in [0.3, 0.4) is 0 Å². The predicted molar refractivity (Wildman–Crippen MR) is 159 cm³/mol. The molecule has 9 nitrogen and oxygen atoms in total. The third-order valence-corrected chi connectivity index (χ3v) is 14.4. The molecule has 4 N–H and O–H groups in total. The highest BCUT2D eigenvalue weighted by molar-refractivity contribution is 5.90. The highest BCUT2D eigenvalue weighted by Gasteiger charge is 2.84. The number of hydrogen-bond donors (Lipinski definition) is 4. The van der Waals surface area contributed by atoms with Crippen molar-refractivity contribution >= 4 is 11.6 Å². The van der Waals surface area contributed by atoms with Gasteiger partial charge in [-0.2, -0.15) is 0 Å². The summed E-state index contributed by atoms with van der Waals surface area (Å²) < 4.78 is 17.6. The van der Waals surface area contributed by atoms with Crippen LogP contribution in [0, 0.1) is 44.8 Å². The lowest BCUT2D eigenvalue weighted by molar-refractivity contribution is -0.301. The monoisotopic (exact) mass is 616 g/mol. The molecule has 0 radical (unpaired) electrons. The Morgan fingerprint density at radius 2 is 1.77 bits per heavy atom. The van der Waals surface area contributed by atoms with E-state index in [1.54, 1.807) is 0 Å². The van der Waals surface area contributed by atoms with Crippen LogP contribution in [-0.2, 0) is 23.8 Å². The van der Waals surface area contributed by atoms with E-state index in [1.165, 1.54) is 5.57 Å². The third-order valence-electron chi connectivity index (χ3n) is 14.4. The number of hydrogen-bond acceptors (Lipinski definition) is 9. The maximum Gasteiger partial charge on any atom is 0.186 e. The van der Waals surface area contributed by atoms with Gasteiger partial charge in [-0.15, -0.1) is 0 Å². The van der Waals surface area contributed by atoms with Gasteiger partial charge < -0.3 is 34.6 Å². The molecule has 6 fully saturated rings. The molecule has 4 saturated carbocycles. The number of carbonyl (C=O) groups excluding carboxylic acids is 2. The van der Waals surface area contributed by atoms with E-state index in [9.17, 15) is 30.0 Å². The van der Waals surface area contributed by atoms with Crippen molar-refractivity contribution in [3.05, 3.63) is 11.6 Å². The van der Waals surface area contributed by atoms with Crippen LogP contribution in [0.2, 0.25) is 0 Å². The molecule has 0 aromatic heterocycles. The molecule has 0 amide bonds. The summed E-state index contributed by atoms with van der Waals surface area (Å²) >= 11 is 0. The topological polar surface area (TPSA) is 146 Å². The first-order chi connectivity index (χ1) is 20.4. The van der Waals surface area contributed by atoms with Gasteiger partial charge in [-0.05, 0) is 74.0 Å². The minimum atomic E-state index is -1.33. The first-order valence-electron chi connectivity index (χ1n) is 16.8. The molecule has 246 valence electrons. The Labute approximate surface area is 260 Å². The summed E-state index contributed by atoms with van der Waals surface area (Å²) in [6.45, 7) is 14.6. The Kier molecular flexibility index (Phi) is 6.75. The number of aliphatic hydroxyl groups is 4.